The summed E-state index contributed by atoms with van der Waals surface area (Å²) in [4.78, 5) is 42.8. The summed E-state index contributed by atoms with van der Waals surface area (Å²) < 4.78 is 10.8. The molecule has 2 heterocycles. The molecule has 0 radical (unpaired) electrons. The molecule has 0 spiro atoms. The number of hydrogen-bond donors (Lipinski definition) is 2. The van der Waals surface area contributed by atoms with Crippen molar-refractivity contribution in [1.82, 2.24) is 14.9 Å². The van der Waals surface area contributed by atoms with Gasteiger partial charge in [-0.3, -0.25) is 14.6 Å². The van der Waals surface area contributed by atoms with E-state index in [4.69, 9.17) is 9.47 Å². The Bertz CT molecular complexity index is 979. The van der Waals surface area contributed by atoms with Crippen LogP contribution < -0.4 is 20.7 Å². The molecule has 2 aromatic rings. The molecule has 1 fully saturated rings. The van der Waals surface area contributed by atoms with Crippen molar-refractivity contribution in [3.05, 3.63) is 55.9 Å². The van der Waals surface area contributed by atoms with E-state index in [1.54, 1.807) is 21.1 Å². The van der Waals surface area contributed by atoms with E-state index in [-0.39, 0.29) is 24.8 Å². The van der Waals surface area contributed by atoms with Crippen LogP contribution in [-0.2, 0) is 11.2 Å². The summed E-state index contributed by atoms with van der Waals surface area (Å²) in [6.07, 6.45) is 2.24. The summed E-state index contributed by atoms with van der Waals surface area (Å²) in [6.45, 7) is 2.33. The first kappa shape index (κ1) is 19.7. The highest BCUT2D eigenvalue weighted by Gasteiger charge is 2.31. The van der Waals surface area contributed by atoms with Crippen molar-refractivity contribution in [2.45, 2.75) is 38.6 Å². The normalized spacial score (nSPS) is 16.2. The van der Waals surface area contributed by atoms with Gasteiger partial charge in [-0.15, -0.1) is 0 Å². The van der Waals surface area contributed by atoms with Crippen molar-refractivity contribution in [3.63, 3.8) is 0 Å². The molecule has 150 valence electrons. The molecule has 1 aliphatic rings. The number of benzene rings is 1. The Labute approximate surface area is 162 Å². The molecule has 1 amide bonds. The van der Waals surface area contributed by atoms with E-state index < -0.39 is 11.2 Å². The van der Waals surface area contributed by atoms with Crippen LogP contribution >= 0.6 is 0 Å². The number of carbonyl (C=O) groups excluding carboxylic acids is 1. The van der Waals surface area contributed by atoms with Gasteiger partial charge in [0.15, 0.2) is 0 Å². The zero-order chi connectivity index (χ0) is 20.3. The third kappa shape index (κ3) is 3.95. The molecule has 28 heavy (non-hydrogen) atoms. The third-order valence-corrected chi connectivity index (χ3v) is 5.22. The minimum atomic E-state index is -0.538. The Balaban J connectivity index is 1.77. The first-order chi connectivity index (χ1) is 13.4. The summed E-state index contributed by atoms with van der Waals surface area (Å²) in [7, 11) is 3.20. The smallest absolute Gasteiger partial charge is 0.325 e. The largest absolute Gasteiger partial charge is 0.497 e. The fraction of sp³-hybridized carbons (Fsp3) is 0.450. The minimum Gasteiger partial charge on any atom is -0.497 e. The standard InChI is InChI=1S/C20H25N3O5/c1-12-14(19(25)22-20(26)21-12)8-9-18(24)23-10-4-5-16(23)15-7-6-13(27-2)11-17(15)28-3/h6-7,11,16H,4-5,8-10H2,1-3H3,(H2,21,22,25,26). The number of likely N-dealkylation sites (tertiary alicyclic amines) is 1. The van der Waals surface area contributed by atoms with E-state index in [1.807, 2.05) is 23.1 Å². The van der Waals surface area contributed by atoms with Crippen molar-refractivity contribution in [1.29, 1.82) is 0 Å². The van der Waals surface area contributed by atoms with Crippen molar-refractivity contribution >= 4 is 5.91 Å². The van der Waals surface area contributed by atoms with E-state index in [0.29, 0.717) is 29.3 Å². The number of nitrogens with zero attached hydrogens (tertiary/aromatic N) is 1. The number of methoxy groups -OCH3 is 2. The van der Waals surface area contributed by atoms with Crippen LogP contribution in [0, 0.1) is 6.92 Å². The van der Waals surface area contributed by atoms with E-state index in [0.717, 1.165) is 18.4 Å². The number of aromatic nitrogens is 2. The molecule has 1 saturated heterocycles. The van der Waals surface area contributed by atoms with Crippen molar-refractivity contribution in [2.75, 3.05) is 20.8 Å². The number of nitrogens with one attached hydrogen (secondary N) is 2. The van der Waals surface area contributed by atoms with Gasteiger partial charge >= 0.3 is 5.69 Å². The van der Waals surface area contributed by atoms with E-state index >= 15 is 0 Å². The second kappa shape index (κ2) is 8.33. The van der Waals surface area contributed by atoms with Crippen LogP contribution in [0.2, 0.25) is 0 Å². The topological polar surface area (TPSA) is 104 Å². The average molecular weight is 387 g/mol. The molecule has 0 bridgehead atoms. The predicted octanol–water partition coefficient (Wildman–Crippen LogP) is 1.69. The molecule has 1 aromatic carbocycles. The highest BCUT2D eigenvalue weighted by Crippen LogP contribution is 2.39. The van der Waals surface area contributed by atoms with Crippen LogP contribution in [0.3, 0.4) is 0 Å². The van der Waals surface area contributed by atoms with Crippen molar-refractivity contribution < 1.29 is 14.3 Å². The van der Waals surface area contributed by atoms with E-state index in [9.17, 15) is 14.4 Å². The number of aromatic amines is 2. The molecule has 1 aliphatic heterocycles. The van der Waals surface area contributed by atoms with Crippen molar-refractivity contribution in [2.24, 2.45) is 0 Å². The lowest BCUT2D eigenvalue weighted by Crippen LogP contribution is -2.32. The lowest BCUT2D eigenvalue weighted by atomic mass is 10.0. The Morgan fingerprint density at radius 3 is 2.68 bits per heavy atom. The molecule has 8 heteroatoms. The summed E-state index contributed by atoms with van der Waals surface area (Å²) in [6, 6.07) is 5.55. The van der Waals surface area contributed by atoms with Crippen LogP contribution in [0.25, 0.3) is 0 Å². The van der Waals surface area contributed by atoms with Gasteiger partial charge in [-0.05, 0) is 38.3 Å². The molecular formula is C20H25N3O5. The minimum absolute atomic E-state index is 0.0228. The van der Waals surface area contributed by atoms with Gasteiger partial charge in [0.2, 0.25) is 5.91 Å². The second-order valence-electron chi connectivity index (χ2n) is 6.86. The van der Waals surface area contributed by atoms with Crippen molar-refractivity contribution in [3.8, 4) is 11.5 Å². The number of rotatable bonds is 6. The van der Waals surface area contributed by atoms with Gasteiger partial charge in [0.1, 0.15) is 11.5 Å². The van der Waals surface area contributed by atoms with Crippen LogP contribution in [0.1, 0.15) is 42.1 Å². The maximum Gasteiger partial charge on any atom is 0.325 e. The van der Waals surface area contributed by atoms with Gasteiger partial charge in [-0.2, -0.15) is 0 Å². The Morgan fingerprint density at radius 2 is 2.00 bits per heavy atom. The summed E-state index contributed by atoms with van der Waals surface area (Å²) in [5.74, 6) is 1.37. The van der Waals surface area contributed by atoms with E-state index in [1.165, 1.54) is 0 Å². The van der Waals surface area contributed by atoms with Crippen LogP contribution in [0.5, 0.6) is 11.5 Å². The molecule has 0 saturated carbocycles. The highest BCUT2D eigenvalue weighted by atomic mass is 16.5. The number of aryl methyl sites for hydroxylation is 1. The van der Waals surface area contributed by atoms with Gasteiger partial charge in [0.05, 0.1) is 20.3 Å². The fourth-order valence-corrected chi connectivity index (χ4v) is 3.78. The molecular weight excluding hydrogens is 362 g/mol. The molecule has 1 unspecified atom stereocenters. The van der Waals surface area contributed by atoms with Gasteiger partial charge in [-0.1, -0.05) is 0 Å². The molecule has 3 rings (SSSR count). The molecule has 8 nitrogen and oxygen atoms in total. The van der Waals surface area contributed by atoms with Gasteiger partial charge < -0.3 is 19.4 Å². The van der Waals surface area contributed by atoms with Gasteiger partial charge in [-0.25, -0.2) is 4.79 Å². The first-order valence-corrected chi connectivity index (χ1v) is 9.28. The zero-order valence-corrected chi connectivity index (χ0v) is 16.3. The molecule has 0 aliphatic carbocycles. The SMILES string of the molecule is COc1ccc(C2CCCN2C(=O)CCc2c(C)[nH]c(=O)[nH]c2=O)c(OC)c1. The van der Waals surface area contributed by atoms with Crippen LogP contribution in [0.15, 0.2) is 27.8 Å². The summed E-state index contributed by atoms with van der Waals surface area (Å²) in [5, 5.41) is 0. The quantitative estimate of drug-likeness (QED) is 0.785. The summed E-state index contributed by atoms with van der Waals surface area (Å²) >= 11 is 0. The summed E-state index contributed by atoms with van der Waals surface area (Å²) in [5.41, 5.74) is 0.905. The predicted molar refractivity (Wildman–Crippen MR) is 104 cm³/mol. The molecule has 1 aromatic heterocycles. The first-order valence-electron chi connectivity index (χ1n) is 9.28. The zero-order valence-electron chi connectivity index (χ0n) is 16.3. The Kier molecular flexibility index (Phi) is 5.87. The highest BCUT2D eigenvalue weighted by molar-refractivity contribution is 5.77. The monoisotopic (exact) mass is 387 g/mol. The maximum absolute atomic E-state index is 12.9. The molecule has 2 N–H and O–H groups in total. The lowest BCUT2D eigenvalue weighted by molar-refractivity contribution is -0.132. The Morgan fingerprint density at radius 1 is 1.21 bits per heavy atom. The fourth-order valence-electron chi connectivity index (χ4n) is 3.78. The van der Waals surface area contributed by atoms with Crippen LogP contribution in [0.4, 0.5) is 0 Å². The molecule has 1 atom stereocenters. The number of carbonyl (C=O) groups is 1. The van der Waals surface area contributed by atoms with Gasteiger partial charge in [0.25, 0.3) is 5.56 Å². The van der Waals surface area contributed by atoms with Crippen LogP contribution in [-0.4, -0.2) is 41.5 Å². The number of H-pyrrole nitrogens is 2. The maximum atomic E-state index is 12.9. The number of hydrogen-bond acceptors (Lipinski definition) is 5. The number of amides is 1. The Hall–Kier alpha value is -3.03. The lowest BCUT2D eigenvalue weighted by Gasteiger charge is -2.26. The average Bonchev–Trinajstić information content (AvgIpc) is 3.16. The van der Waals surface area contributed by atoms with E-state index in [2.05, 4.69) is 9.97 Å². The third-order valence-electron chi connectivity index (χ3n) is 5.22. The van der Waals surface area contributed by atoms with Gasteiger partial charge in [0, 0.05) is 35.9 Å². The number of ether oxygens (including phenoxy) is 2. The second-order valence-corrected chi connectivity index (χ2v) is 6.86.